The molecule has 0 saturated carbocycles. The topological polar surface area (TPSA) is 52.6 Å². The van der Waals surface area contributed by atoms with Gasteiger partial charge in [0.05, 0.1) is 5.69 Å². The standard InChI is InChI=1S/C14H19FN2O2/c1-2-17-9-7-14(8-10-17,13(18)19)16-12-6-4-3-5-11(12)15/h3-6,16H,2,7-10H2,1H3,(H,18,19). The third-order valence-corrected chi connectivity index (χ3v) is 3.81. The van der Waals surface area contributed by atoms with E-state index in [9.17, 15) is 14.3 Å². The van der Waals surface area contributed by atoms with E-state index in [1.807, 2.05) is 0 Å². The van der Waals surface area contributed by atoms with Crippen LogP contribution < -0.4 is 5.32 Å². The predicted octanol–water partition coefficient (Wildman–Crippen LogP) is 2.18. The van der Waals surface area contributed by atoms with E-state index >= 15 is 0 Å². The number of halogens is 1. The van der Waals surface area contributed by atoms with Crippen molar-refractivity contribution in [3.63, 3.8) is 0 Å². The first-order valence-corrected chi connectivity index (χ1v) is 6.56. The summed E-state index contributed by atoms with van der Waals surface area (Å²) in [7, 11) is 0. The van der Waals surface area contributed by atoms with E-state index in [1.54, 1.807) is 18.2 Å². The van der Waals surface area contributed by atoms with Crippen molar-refractivity contribution in [3.8, 4) is 0 Å². The molecule has 0 aliphatic carbocycles. The zero-order chi connectivity index (χ0) is 13.9. The van der Waals surface area contributed by atoms with Gasteiger partial charge in [-0.1, -0.05) is 19.1 Å². The largest absolute Gasteiger partial charge is 0.480 e. The van der Waals surface area contributed by atoms with Crippen molar-refractivity contribution >= 4 is 11.7 Å². The van der Waals surface area contributed by atoms with Crippen LogP contribution in [0.2, 0.25) is 0 Å². The molecule has 0 atom stereocenters. The number of hydrogen-bond donors (Lipinski definition) is 2. The lowest BCUT2D eigenvalue weighted by molar-refractivity contribution is -0.144. The normalized spacial score (nSPS) is 19.1. The highest BCUT2D eigenvalue weighted by Crippen LogP contribution is 2.28. The van der Waals surface area contributed by atoms with E-state index in [2.05, 4.69) is 17.1 Å². The maximum atomic E-state index is 13.7. The molecule has 2 rings (SSSR count). The van der Waals surface area contributed by atoms with Gasteiger partial charge in [-0.05, 0) is 31.5 Å². The summed E-state index contributed by atoms with van der Waals surface area (Å²) in [6.45, 7) is 4.39. The lowest BCUT2D eigenvalue weighted by Gasteiger charge is -2.39. The number of likely N-dealkylation sites (tertiary alicyclic amines) is 1. The monoisotopic (exact) mass is 266 g/mol. The van der Waals surface area contributed by atoms with Crippen molar-refractivity contribution in [2.45, 2.75) is 25.3 Å². The number of nitrogens with zero attached hydrogens (tertiary/aromatic N) is 1. The summed E-state index contributed by atoms with van der Waals surface area (Å²) < 4.78 is 13.7. The van der Waals surface area contributed by atoms with Gasteiger partial charge in [0.1, 0.15) is 11.4 Å². The molecule has 1 aromatic carbocycles. The van der Waals surface area contributed by atoms with Crippen LogP contribution in [0.5, 0.6) is 0 Å². The molecule has 1 saturated heterocycles. The van der Waals surface area contributed by atoms with Crippen molar-refractivity contribution in [2.75, 3.05) is 25.0 Å². The molecule has 1 aliphatic rings. The first-order chi connectivity index (χ1) is 9.07. The minimum atomic E-state index is -1.06. The zero-order valence-corrected chi connectivity index (χ0v) is 11.0. The molecule has 0 radical (unpaired) electrons. The molecule has 19 heavy (non-hydrogen) atoms. The fourth-order valence-corrected chi connectivity index (χ4v) is 2.46. The van der Waals surface area contributed by atoms with Crippen molar-refractivity contribution in [1.82, 2.24) is 4.90 Å². The van der Waals surface area contributed by atoms with Gasteiger partial charge in [0.2, 0.25) is 0 Å². The van der Waals surface area contributed by atoms with Crippen LogP contribution >= 0.6 is 0 Å². The van der Waals surface area contributed by atoms with E-state index in [4.69, 9.17) is 0 Å². The smallest absolute Gasteiger partial charge is 0.329 e. The summed E-state index contributed by atoms with van der Waals surface area (Å²) in [4.78, 5) is 13.8. The van der Waals surface area contributed by atoms with Gasteiger partial charge in [-0.25, -0.2) is 9.18 Å². The van der Waals surface area contributed by atoms with Crippen LogP contribution in [0.4, 0.5) is 10.1 Å². The van der Waals surface area contributed by atoms with Gasteiger partial charge in [-0.3, -0.25) is 0 Å². The minimum absolute atomic E-state index is 0.259. The Kier molecular flexibility index (Phi) is 4.04. The number of piperidine rings is 1. The number of rotatable bonds is 4. The van der Waals surface area contributed by atoms with Crippen molar-refractivity contribution in [1.29, 1.82) is 0 Å². The van der Waals surface area contributed by atoms with Crippen molar-refractivity contribution in [2.24, 2.45) is 0 Å². The third kappa shape index (κ3) is 2.87. The quantitative estimate of drug-likeness (QED) is 0.877. The second-order valence-corrected chi connectivity index (χ2v) is 4.93. The van der Waals surface area contributed by atoms with Crippen LogP contribution in [-0.2, 0) is 4.79 Å². The average Bonchev–Trinajstić information content (AvgIpc) is 2.42. The van der Waals surface area contributed by atoms with Crippen LogP contribution in [0.15, 0.2) is 24.3 Å². The number of carbonyl (C=O) groups is 1. The minimum Gasteiger partial charge on any atom is -0.480 e. The highest BCUT2D eigenvalue weighted by molar-refractivity contribution is 5.83. The van der Waals surface area contributed by atoms with Gasteiger partial charge in [-0.2, -0.15) is 0 Å². The van der Waals surface area contributed by atoms with E-state index in [0.29, 0.717) is 25.9 Å². The molecule has 0 spiro atoms. The number of benzene rings is 1. The average molecular weight is 266 g/mol. The second kappa shape index (κ2) is 5.57. The Morgan fingerprint density at radius 3 is 2.58 bits per heavy atom. The molecule has 0 aromatic heterocycles. The lowest BCUT2D eigenvalue weighted by atomic mass is 9.87. The van der Waals surface area contributed by atoms with Gasteiger partial charge < -0.3 is 15.3 Å². The number of aliphatic carboxylic acids is 1. The van der Waals surface area contributed by atoms with Crippen LogP contribution in [0, 0.1) is 5.82 Å². The zero-order valence-electron chi connectivity index (χ0n) is 11.0. The Morgan fingerprint density at radius 1 is 1.42 bits per heavy atom. The molecule has 0 bridgehead atoms. The fraction of sp³-hybridized carbons (Fsp3) is 0.500. The number of carboxylic acids is 1. The summed E-state index contributed by atoms with van der Waals surface area (Å²) >= 11 is 0. The maximum Gasteiger partial charge on any atom is 0.329 e. The van der Waals surface area contributed by atoms with Crippen molar-refractivity contribution in [3.05, 3.63) is 30.1 Å². The Bertz CT molecular complexity index is 457. The summed E-state index contributed by atoms with van der Waals surface area (Å²) in [5.41, 5.74) is -0.803. The molecule has 1 fully saturated rings. The van der Waals surface area contributed by atoms with E-state index in [-0.39, 0.29) is 5.69 Å². The maximum absolute atomic E-state index is 13.7. The molecule has 1 aromatic rings. The summed E-state index contributed by atoms with van der Waals surface area (Å²) in [6, 6.07) is 6.20. The number of carboxylic acid groups (broad SMARTS) is 1. The van der Waals surface area contributed by atoms with Gasteiger partial charge in [-0.15, -0.1) is 0 Å². The second-order valence-electron chi connectivity index (χ2n) is 4.93. The van der Waals surface area contributed by atoms with Gasteiger partial charge in [0.15, 0.2) is 0 Å². The molecule has 104 valence electrons. The predicted molar refractivity (Wildman–Crippen MR) is 71.7 cm³/mol. The first-order valence-electron chi connectivity index (χ1n) is 6.56. The van der Waals surface area contributed by atoms with E-state index in [1.165, 1.54) is 6.07 Å². The fourth-order valence-electron chi connectivity index (χ4n) is 2.46. The van der Waals surface area contributed by atoms with Gasteiger partial charge in [0.25, 0.3) is 0 Å². The molecule has 1 aliphatic heterocycles. The molecular weight excluding hydrogens is 247 g/mol. The summed E-state index contributed by atoms with van der Waals surface area (Å²) in [5.74, 6) is -1.33. The van der Waals surface area contributed by atoms with Crippen LogP contribution in [0.25, 0.3) is 0 Å². The SMILES string of the molecule is CCN1CCC(Nc2ccccc2F)(C(=O)O)CC1. The van der Waals surface area contributed by atoms with Crippen LogP contribution in [0.3, 0.4) is 0 Å². The highest BCUT2D eigenvalue weighted by Gasteiger charge is 2.41. The highest BCUT2D eigenvalue weighted by atomic mass is 19.1. The molecule has 2 N–H and O–H groups in total. The van der Waals surface area contributed by atoms with Crippen molar-refractivity contribution < 1.29 is 14.3 Å². The lowest BCUT2D eigenvalue weighted by Crippen LogP contribution is -2.54. The Labute approximate surface area is 112 Å². The molecule has 5 heteroatoms. The van der Waals surface area contributed by atoms with Crippen LogP contribution in [-0.4, -0.2) is 41.1 Å². The molecule has 0 amide bonds. The Balaban J connectivity index is 2.18. The molecule has 4 nitrogen and oxygen atoms in total. The number of nitrogens with one attached hydrogen (secondary N) is 1. The molecule has 0 unspecified atom stereocenters. The number of hydrogen-bond acceptors (Lipinski definition) is 3. The van der Waals surface area contributed by atoms with E-state index < -0.39 is 17.3 Å². The first kappa shape index (κ1) is 13.8. The summed E-state index contributed by atoms with van der Waals surface area (Å²) in [5, 5.41) is 12.4. The summed E-state index contributed by atoms with van der Waals surface area (Å²) in [6.07, 6.45) is 0.953. The number of para-hydroxylation sites is 1. The van der Waals surface area contributed by atoms with E-state index in [0.717, 1.165) is 6.54 Å². The molecular formula is C14H19FN2O2. The van der Waals surface area contributed by atoms with Gasteiger partial charge in [0, 0.05) is 13.1 Å². The molecule has 1 heterocycles. The Hall–Kier alpha value is -1.62. The third-order valence-electron chi connectivity index (χ3n) is 3.81. The number of anilines is 1. The Morgan fingerprint density at radius 2 is 2.05 bits per heavy atom. The van der Waals surface area contributed by atoms with Crippen LogP contribution in [0.1, 0.15) is 19.8 Å². The van der Waals surface area contributed by atoms with Gasteiger partial charge >= 0.3 is 5.97 Å².